The summed E-state index contributed by atoms with van der Waals surface area (Å²) in [7, 11) is -1.29. The smallest absolute Gasteiger partial charge is 0.304 e. The highest BCUT2D eigenvalue weighted by atomic mass is 35.5. The fraction of sp³-hybridized carbons (Fsp3) is 0.375. The molecule has 8 nitrogen and oxygen atoms in total. The first kappa shape index (κ1) is 34.4. The molecule has 0 saturated carbocycles. The average Bonchev–Trinajstić information content (AvgIpc) is 2.91. The van der Waals surface area contributed by atoms with Crippen LogP contribution < -0.4 is 9.62 Å². The van der Waals surface area contributed by atoms with Gasteiger partial charge in [-0.1, -0.05) is 71.7 Å². The van der Waals surface area contributed by atoms with E-state index in [1.807, 2.05) is 70.2 Å². The maximum Gasteiger partial charge on any atom is 0.304 e. The molecule has 3 rings (SSSR count). The molecule has 0 aromatic heterocycles. The van der Waals surface area contributed by atoms with Gasteiger partial charge in [-0.2, -0.15) is 12.7 Å². The average molecular weight is 648 g/mol. The molecule has 0 aliphatic heterocycles. The largest absolute Gasteiger partial charge is 0.350 e. The minimum Gasteiger partial charge on any atom is -0.350 e. The van der Waals surface area contributed by atoms with Crippen molar-refractivity contribution in [1.82, 2.24) is 14.5 Å². The van der Waals surface area contributed by atoms with Gasteiger partial charge in [0.25, 0.3) is 0 Å². The maximum atomic E-state index is 14.5. The van der Waals surface area contributed by atoms with Gasteiger partial charge in [-0.3, -0.25) is 9.59 Å². The summed E-state index contributed by atoms with van der Waals surface area (Å²) in [4.78, 5) is 29.8. The Kier molecular flexibility index (Phi) is 11.3. The number of nitrogens with one attached hydrogen (secondary N) is 1. The highest BCUT2D eigenvalue weighted by Gasteiger charge is 2.36. The Balaban J connectivity index is 2.19. The van der Waals surface area contributed by atoms with E-state index >= 15 is 0 Å². The molecule has 0 fully saturated rings. The summed E-state index contributed by atoms with van der Waals surface area (Å²) in [5, 5.41) is 3.65. The van der Waals surface area contributed by atoms with Crippen molar-refractivity contribution in [2.75, 3.05) is 24.9 Å². The van der Waals surface area contributed by atoms with Crippen molar-refractivity contribution in [3.05, 3.63) is 99.0 Å². The van der Waals surface area contributed by atoms with Crippen molar-refractivity contribution in [3.8, 4) is 0 Å². The summed E-state index contributed by atoms with van der Waals surface area (Å²) >= 11 is 13.1. The van der Waals surface area contributed by atoms with Gasteiger partial charge in [0, 0.05) is 48.2 Å². The lowest BCUT2D eigenvalue weighted by Crippen LogP contribution is -2.56. The summed E-state index contributed by atoms with van der Waals surface area (Å²) in [6.45, 7) is 8.53. The quantitative estimate of drug-likeness (QED) is 0.286. The summed E-state index contributed by atoms with van der Waals surface area (Å²) in [5.41, 5.74) is 2.56. The van der Waals surface area contributed by atoms with Crippen LogP contribution >= 0.6 is 23.2 Å². The van der Waals surface area contributed by atoms with Gasteiger partial charge in [0.2, 0.25) is 11.8 Å². The first-order valence-electron chi connectivity index (χ1n) is 13.9. The van der Waals surface area contributed by atoms with Crippen LogP contribution in [0.15, 0.2) is 66.7 Å². The fourth-order valence-corrected chi connectivity index (χ4v) is 6.18. The molecule has 0 aliphatic carbocycles. The zero-order chi connectivity index (χ0) is 32.1. The van der Waals surface area contributed by atoms with Crippen LogP contribution in [0.25, 0.3) is 0 Å². The van der Waals surface area contributed by atoms with Gasteiger partial charge in [0.1, 0.15) is 12.6 Å². The molecule has 0 bridgehead atoms. The molecule has 0 radical (unpaired) electrons. The topological polar surface area (TPSA) is 90.0 Å². The molecular weight excluding hydrogens is 607 g/mol. The third-order valence-corrected chi connectivity index (χ3v) is 9.33. The predicted molar refractivity (Wildman–Crippen MR) is 175 cm³/mol. The number of amides is 2. The summed E-state index contributed by atoms with van der Waals surface area (Å²) in [5.74, 6) is -0.978. The SMILES string of the molecule is Cc1ccc(C)c(N(CC(=O)N(Cc2c(Cl)cccc2Cl)C(Cc2ccccc2)C(=O)NC(C)(C)C)S(=O)(=O)N(C)C)c1. The second-order valence-electron chi connectivity index (χ2n) is 11.8. The van der Waals surface area contributed by atoms with Crippen LogP contribution in [0.1, 0.15) is 43.0 Å². The lowest BCUT2D eigenvalue weighted by atomic mass is 10.0. The minimum absolute atomic E-state index is 0.116. The Morgan fingerprint density at radius 3 is 2.07 bits per heavy atom. The van der Waals surface area contributed by atoms with Crippen LogP contribution in [-0.2, 0) is 32.8 Å². The lowest BCUT2D eigenvalue weighted by molar-refractivity contribution is -0.140. The second kappa shape index (κ2) is 14.1. The molecule has 1 atom stereocenters. The van der Waals surface area contributed by atoms with Gasteiger partial charge < -0.3 is 10.2 Å². The van der Waals surface area contributed by atoms with Gasteiger partial charge in [0.15, 0.2) is 0 Å². The van der Waals surface area contributed by atoms with Crippen molar-refractivity contribution in [2.24, 2.45) is 0 Å². The van der Waals surface area contributed by atoms with Gasteiger partial charge >= 0.3 is 10.2 Å². The number of rotatable bonds is 11. The summed E-state index contributed by atoms with van der Waals surface area (Å²) in [6, 6.07) is 18.8. The minimum atomic E-state index is -4.12. The van der Waals surface area contributed by atoms with E-state index in [2.05, 4.69) is 5.32 Å². The van der Waals surface area contributed by atoms with Crippen molar-refractivity contribution in [2.45, 2.75) is 59.2 Å². The highest BCUT2D eigenvalue weighted by molar-refractivity contribution is 7.90. The van der Waals surface area contributed by atoms with Crippen LogP contribution in [0, 0.1) is 13.8 Å². The van der Waals surface area contributed by atoms with E-state index in [1.54, 1.807) is 31.2 Å². The molecule has 3 aromatic rings. The van der Waals surface area contributed by atoms with Gasteiger partial charge in [-0.15, -0.1) is 0 Å². The van der Waals surface area contributed by atoms with E-state index in [9.17, 15) is 18.0 Å². The number of benzene rings is 3. The predicted octanol–water partition coefficient (Wildman–Crippen LogP) is 5.78. The van der Waals surface area contributed by atoms with Crippen LogP contribution in [0.4, 0.5) is 5.69 Å². The fourth-order valence-electron chi connectivity index (χ4n) is 4.55. The second-order valence-corrected chi connectivity index (χ2v) is 14.6. The van der Waals surface area contributed by atoms with E-state index in [0.29, 0.717) is 26.9 Å². The Morgan fingerprint density at radius 1 is 0.907 bits per heavy atom. The summed E-state index contributed by atoms with van der Waals surface area (Å²) in [6.07, 6.45) is 0.181. The third-order valence-electron chi connectivity index (χ3n) is 6.81. The van der Waals surface area contributed by atoms with E-state index < -0.39 is 34.2 Å². The molecule has 0 aliphatic rings. The van der Waals surface area contributed by atoms with Crippen LogP contribution in [0.2, 0.25) is 10.0 Å². The third kappa shape index (κ3) is 8.95. The molecule has 1 unspecified atom stereocenters. The normalized spacial score (nSPS) is 12.6. The highest BCUT2D eigenvalue weighted by Crippen LogP contribution is 2.29. The molecular formula is C32H40Cl2N4O4S. The zero-order valence-electron chi connectivity index (χ0n) is 25.7. The molecule has 232 valence electrons. The Labute approximate surface area is 265 Å². The van der Waals surface area contributed by atoms with Gasteiger partial charge in [-0.25, -0.2) is 4.31 Å². The monoisotopic (exact) mass is 646 g/mol. The molecule has 11 heteroatoms. The molecule has 2 amide bonds. The van der Waals surface area contributed by atoms with Crippen LogP contribution in [0.5, 0.6) is 0 Å². The summed E-state index contributed by atoms with van der Waals surface area (Å²) < 4.78 is 29.5. The van der Waals surface area contributed by atoms with Gasteiger partial charge in [0.05, 0.1) is 5.69 Å². The van der Waals surface area contributed by atoms with E-state index in [4.69, 9.17) is 23.2 Å². The van der Waals surface area contributed by atoms with Crippen LogP contribution in [0.3, 0.4) is 0 Å². The number of nitrogens with zero attached hydrogens (tertiary/aromatic N) is 3. The number of carbonyl (C=O) groups excluding carboxylic acids is 2. The number of hydrogen-bond donors (Lipinski definition) is 1. The molecule has 3 aromatic carbocycles. The van der Waals surface area contributed by atoms with Gasteiger partial charge in [-0.05, 0) is 69.5 Å². The Bertz CT molecular complexity index is 1540. The first-order valence-corrected chi connectivity index (χ1v) is 16.0. The number of hydrogen-bond acceptors (Lipinski definition) is 4. The van der Waals surface area contributed by atoms with E-state index in [-0.39, 0.29) is 18.9 Å². The molecule has 1 N–H and O–H groups in total. The standard InChI is InChI=1S/C32H40Cl2N4O4S/c1-22-16-17-23(2)28(18-22)38(43(41,42)36(6)7)21-30(39)37(20-25-26(33)14-11-15-27(25)34)29(31(40)35-32(3,4)5)19-24-12-9-8-10-13-24/h8-18,29H,19-21H2,1-7H3,(H,35,40). The van der Waals surface area contributed by atoms with Crippen molar-refractivity contribution in [3.63, 3.8) is 0 Å². The van der Waals surface area contributed by atoms with Crippen LogP contribution in [-0.4, -0.2) is 61.7 Å². The van der Waals surface area contributed by atoms with E-state index in [1.165, 1.54) is 19.0 Å². The van der Waals surface area contributed by atoms with Crippen molar-refractivity contribution < 1.29 is 18.0 Å². The molecule has 0 saturated heterocycles. The van der Waals surface area contributed by atoms with E-state index in [0.717, 1.165) is 19.7 Å². The Hall–Kier alpha value is -3.11. The van der Waals surface area contributed by atoms with Crippen molar-refractivity contribution in [1.29, 1.82) is 0 Å². The molecule has 43 heavy (non-hydrogen) atoms. The first-order chi connectivity index (χ1) is 20.0. The number of carbonyl (C=O) groups is 2. The lowest BCUT2D eigenvalue weighted by Gasteiger charge is -2.36. The molecule has 0 heterocycles. The zero-order valence-corrected chi connectivity index (χ0v) is 28.0. The van der Waals surface area contributed by atoms with Crippen molar-refractivity contribution >= 4 is 50.9 Å². The number of anilines is 1. The Morgan fingerprint density at radius 2 is 1.51 bits per heavy atom. The molecule has 0 spiro atoms. The number of halogens is 2. The number of aryl methyl sites for hydroxylation is 2. The maximum absolute atomic E-state index is 14.5.